The van der Waals surface area contributed by atoms with Gasteiger partial charge in [0.2, 0.25) is 0 Å². The first-order valence-corrected chi connectivity index (χ1v) is 10.0. The van der Waals surface area contributed by atoms with Gasteiger partial charge in [-0.1, -0.05) is 18.5 Å². The van der Waals surface area contributed by atoms with Crippen molar-refractivity contribution in [2.75, 3.05) is 13.2 Å². The summed E-state index contributed by atoms with van der Waals surface area (Å²) in [6.45, 7) is 4.73. The van der Waals surface area contributed by atoms with Gasteiger partial charge in [0.15, 0.2) is 0 Å². The van der Waals surface area contributed by atoms with Crippen LogP contribution in [0.5, 0.6) is 0 Å². The van der Waals surface area contributed by atoms with Gasteiger partial charge in [0, 0.05) is 29.0 Å². The van der Waals surface area contributed by atoms with Crippen molar-refractivity contribution in [1.29, 1.82) is 0 Å². The summed E-state index contributed by atoms with van der Waals surface area (Å²) in [6.07, 6.45) is 2.20. The molecule has 132 valence electrons. The number of fused-ring (bicyclic) bond motifs is 2. The molecule has 0 amide bonds. The maximum absolute atomic E-state index is 9.50. The Morgan fingerprint density at radius 1 is 1.36 bits per heavy atom. The number of aromatic nitrogens is 2. The number of halogens is 1. The van der Waals surface area contributed by atoms with Crippen molar-refractivity contribution >= 4 is 34.0 Å². The van der Waals surface area contributed by atoms with Crippen LogP contribution < -0.4 is 0 Å². The minimum absolute atomic E-state index is 0.0941. The van der Waals surface area contributed by atoms with Gasteiger partial charge < -0.3 is 9.67 Å². The SMILES string of the molecule is CC[C@@H]1c2ccsc2CCN1Cc1nc2ccc(Cl)cc2n1CCO. The summed E-state index contributed by atoms with van der Waals surface area (Å²) >= 11 is 8.04. The number of rotatable bonds is 5. The molecule has 0 aliphatic carbocycles. The number of aliphatic hydroxyl groups is 1. The van der Waals surface area contributed by atoms with Gasteiger partial charge in [-0.3, -0.25) is 4.90 Å². The van der Waals surface area contributed by atoms with E-state index in [1.54, 1.807) is 0 Å². The fourth-order valence-corrected chi connectivity index (χ4v) is 5.01. The van der Waals surface area contributed by atoms with Crippen molar-refractivity contribution in [2.45, 2.75) is 38.9 Å². The van der Waals surface area contributed by atoms with Crippen molar-refractivity contribution in [3.8, 4) is 0 Å². The fourth-order valence-electron chi connectivity index (χ4n) is 3.91. The van der Waals surface area contributed by atoms with Crippen LogP contribution >= 0.6 is 22.9 Å². The topological polar surface area (TPSA) is 41.3 Å². The van der Waals surface area contributed by atoms with Gasteiger partial charge in [-0.2, -0.15) is 0 Å². The quantitative estimate of drug-likeness (QED) is 0.724. The minimum Gasteiger partial charge on any atom is -0.395 e. The van der Waals surface area contributed by atoms with Gasteiger partial charge in [0.1, 0.15) is 5.82 Å². The summed E-state index contributed by atoms with van der Waals surface area (Å²) in [5.41, 5.74) is 3.42. The Bertz CT molecular complexity index is 888. The Hall–Kier alpha value is -1.40. The van der Waals surface area contributed by atoms with Crippen LogP contribution in [0.15, 0.2) is 29.6 Å². The number of thiophene rings is 1. The lowest BCUT2D eigenvalue weighted by Gasteiger charge is -2.35. The summed E-state index contributed by atoms with van der Waals surface area (Å²) in [4.78, 5) is 8.88. The molecular formula is C19H22ClN3OS. The molecule has 1 aromatic carbocycles. The molecule has 0 unspecified atom stereocenters. The summed E-state index contributed by atoms with van der Waals surface area (Å²) in [5.74, 6) is 1.00. The normalized spacial score (nSPS) is 18.0. The number of aliphatic hydroxyl groups excluding tert-OH is 1. The summed E-state index contributed by atoms with van der Waals surface area (Å²) in [6, 6.07) is 8.49. The number of imidazole rings is 1. The molecule has 2 aromatic heterocycles. The maximum atomic E-state index is 9.50. The summed E-state index contributed by atoms with van der Waals surface area (Å²) < 4.78 is 2.11. The van der Waals surface area contributed by atoms with Gasteiger partial charge in [-0.05, 0) is 48.1 Å². The van der Waals surface area contributed by atoms with E-state index in [9.17, 15) is 5.11 Å². The number of benzene rings is 1. The molecule has 25 heavy (non-hydrogen) atoms. The zero-order chi connectivity index (χ0) is 17.4. The summed E-state index contributed by atoms with van der Waals surface area (Å²) in [7, 11) is 0. The fraction of sp³-hybridized carbons (Fsp3) is 0.421. The molecule has 0 radical (unpaired) electrons. The monoisotopic (exact) mass is 375 g/mol. The number of nitrogens with zero attached hydrogens (tertiary/aromatic N) is 3. The van der Waals surface area contributed by atoms with Gasteiger partial charge >= 0.3 is 0 Å². The molecule has 0 saturated carbocycles. The van der Waals surface area contributed by atoms with Gasteiger partial charge in [0.05, 0.1) is 24.2 Å². The number of hydrogen-bond donors (Lipinski definition) is 1. The first kappa shape index (κ1) is 17.0. The van der Waals surface area contributed by atoms with E-state index in [1.807, 2.05) is 29.5 Å². The number of hydrogen-bond acceptors (Lipinski definition) is 4. The van der Waals surface area contributed by atoms with Gasteiger partial charge in [-0.25, -0.2) is 4.98 Å². The maximum Gasteiger partial charge on any atom is 0.124 e. The lowest BCUT2D eigenvalue weighted by atomic mass is 9.98. The van der Waals surface area contributed by atoms with Crippen LogP contribution in [0.25, 0.3) is 11.0 Å². The highest BCUT2D eigenvalue weighted by atomic mass is 35.5. The highest BCUT2D eigenvalue weighted by Crippen LogP contribution is 2.36. The molecule has 1 N–H and O–H groups in total. The average Bonchev–Trinajstić information content (AvgIpc) is 3.20. The first-order valence-electron chi connectivity index (χ1n) is 8.77. The van der Waals surface area contributed by atoms with E-state index in [1.165, 1.54) is 10.4 Å². The predicted molar refractivity (Wildman–Crippen MR) is 103 cm³/mol. The van der Waals surface area contributed by atoms with E-state index in [2.05, 4.69) is 27.8 Å². The lowest BCUT2D eigenvalue weighted by Crippen LogP contribution is -2.35. The second-order valence-corrected chi connectivity index (χ2v) is 7.92. The molecule has 0 bridgehead atoms. The average molecular weight is 376 g/mol. The lowest BCUT2D eigenvalue weighted by molar-refractivity contribution is 0.165. The van der Waals surface area contributed by atoms with E-state index in [0.717, 1.165) is 42.8 Å². The molecule has 6 heteroatoms. The molecule has 0 saturated heterocycles. The van der Waals surface area contributed by atoms with Crippen molar-refractivity contribution in [1.82, 2.24) is 14.5 Å². The molecule has 0 spiro atoms. The molecule has 4 nitrogen and oxygen atoms in total. The van der Waals surface area contributed by atoms with Crippen LogP contribution in [0.2, 0.25) is 5.02 Å². The van der Waals surface area contributed by atoms with Crippen LogP contribution in [0.4, 0.5) is 0 Å². The second kappa shape index (κ2) is 7.08. The zero-order valence-corrected chi connectivity index (χ0v) is 15.9. The molecule has 3 aromatic rings. The Morgan fingerprint density at radius 3 is 3.04 bits per heavy atom. The van der Waals surface area contributed by atoms with E-state index in [4.69, 9.17) is 16.6 Å². The Labute approximate surface area is 156 Å². The molecule has 3 heterocycles. The molecule has 1 atom stereocenters. The molecule has 4 rings (SSSR count). The van der Waals surface area contributed by atoms with Crippen LogP contribution in [-0.4, -0.2) is 32.7 Å². The Balaban J connectivity index is 1.69. The molecular weight excluding hydrogens is 354 g/mol. The smallest absolute Gasteiger partial charge is 0.124 e. The standard InChI is InChI=1S/C19H22ClN3OS/c1-2-16-14-6-10-25-18(14)5-7-22(16)12-19-21-15-4-3-13(20)11-17(15)23(19)8-9-24/h3-4,6,10-11,16,24H,2,5,7-9,12H2,1H3/t16-/m1/s1. The molecule has 0 fully saturated rings. The summed E-state index contributed by atoms with van der Waals surface area (Å²) in [5, 5.41) is 12.4. The van der Waals surface area contributed by atoms with Crippen LogP contribution in [0.1, 0.15) is 35.7 Å². The van der Waals surface area contributed by atoms with Crippen LogP contribution in [-0.2, 0) is 19.5 Å². The molecule has 1 aliphatic rings. The van der Waals surface area contributed by atoms with Crippen LogP contribution in [0.3, 0.4) is 0 Å². The van der Waals surface area contributed by atoms with Gasteiger partial charge in [-0.15, -0.1) is 11.3 Å². The molecule has 1 aliphatic heterocycles. The van der Waals surface area contributed by atoms with E-state index in [-0.39, 0.29) is 6.61 Å². The van der Waals surface area contributed by atoms with E-state index >= 15 is 0 Å². The minimum atomic E-state index is 0.0941. The second-order valence-electron chi connectivity index (χ2n) is 6.48. The van der Waals surface area contributed by atoms with E-state index in [0.29, 0.717) is 17.6 Å². The van der Waals surface area contributed by atoms with Crippen molar-refractivity contribution < 1.29 is 5.11 Å². The Morgan fingerprint density at radius 2 is 2.24 bits per heavy atom. The van der Waals surface area contributed by atoms with Crippen LogP contribution in [0, 0.1) is 0 Å². The van der Waals surface area contributed by atoms with E-state index < -0.39 is 0 Å². The first-order chi connectivity index (χ1) is 12.2. The Kier molecular flexibility index (Phi) is 4.82. The van der Waals surface area contributed by atoms with Crippen molar-refractivity contribution in [3.05, 3.63) is 50.9 Å². The van der Waals surface area contributed by atoms with Crippen molar-refractivity contribution in [3.63, 3.8) is 0 Å². The predicted octanol–water partition coefficient (Wildman–Crippen LogP) is 4.25. The third-order valence-corrected chi connectivity index (χ3v) is 6.28. The van der Waals surface area contributed by atoms with Crippen molar-refractivity contribution in [2.24, 2.45) is 0 Å². The third kappa shape index (κ3) is 3.10. The highest BCUT2D eigenvalue weighted by Gasteiger charge is 2.28. The largest absolute Gasteiger partial charge is 0.395 e. The third-order valence-electron chi connectivity index (χ3n) is 5.05. The zero-order valence-electron chi connectivity index (χ0n) is 14.3. The highest BCUT2D eigenvalue weighted by molar-refractivity contribution is 7.10. The van der Waals surface area contributed by atoms with Gasteiger partial charge in [0.25, 0.3) is 0 Å².